The maximum atomic E-state index is 11.6. The number of carbonyl (C=O) groups is 2. The number of hydrogen-bond acceptors (Lipinski definition) is 5. The van der Waals surface area contributed by atoms with E-state index in [1.807, 2.05) is 0 Å². The van der Waals surface area contributed by atoms with Crippen molar-refractivity contribution in [3.63, 3.8) is 0 Å². The van der Waals surface area contributed by atoms with E-state index in [0.29, 0.717) is 5.56 Å². The molecule has 2 amide bonds. The molecule has 0 saturated carbocycles. The first-order valence-electron chi connectivity index (χ1n) is 4.73. The second-order valence-electron chi connectivity index (χ2n) is 3.18. The summed E-state index contributed by atoms with van der Waals surface area (Å²) in [6.45, 7) is 0.166. The predicted molar refractivity (Wildman–Crippen MR) is 63.2 cm³/mol. The van der Waals surface area contributed by atoms with Crippen molar-refractivity contribution >= 4 is 29.2 Å². The minimum absolute atomic E-state index is 0.0759. The summed E-state index contributed by atoms with van der Waals surface area (Å²) in [4.78, 5) is 25.9. The third kappa shape index (κ3) is 4.25. The van der Waals surface area contributed by atoms with Crippen LogP contribution < -0.4 is 22.3 Å². The monoisotopic (exact) mass is 257 g/mol. The fourth-order valence-electron chi connectivity index (χ4n) is 1.10. The highest BCUT2D eigenvalue weighted by atomic mass is 35.5. The van der Waals surface area contributed by atoms with Gasteiger partial charge in [-0.25, -0.2) is 10.8 Å². The molecule has 6 N–H and O–H groups in total. The van der Waals surface area contributed by atoms with Gasteiger partial charge in [-0.3, -0.25) is 9.59 Å². The molecule has 8 heteroatoms. The molecular weight excluding hydrogens is 246 g/mol. The fourth-order valence-corrected chi connectivity index (χ4v) is 1.31. The molecule has 1 aromatic rings. The van der Waals surface area contributed by atoms with Crippen LogP contribution in [-0.2, 0) is 4.79 Å². The molecule has 7 nitrogen and oxygen atoms in total. The van der Waals surface area contributed by atoms with Gasteiger partial charge >= 0.3 is 0 Å². The van der Waals surface area contributed by atoms with Crippen molar-refractivity contribution < 1.29 is 9.59 Å². The Labute approximate surface area is 102 Å². The quantitative estimate of drug-likeness (QED) is 0.325. The second kappa shape index (κ2) is 6.02. The topological polar surface area (TPSA) is 123 Å². The van der Waals surface area contributed by atoms with E-state index in [2.05, 4.69) is 15.7 Å². The Bertz CT molecular complexity index is 437. The first-order valence-corrected chi connectivity index (χ1v) is 5.11. The molecule has 0 bridgehead atoms. The molecule has 0 spiro atoms. The first kappa shape index (κ1) is 13.2. The van der Waals surface area contributed by atoms with Crippen molar-refractivity contribution in [1.82, 2.24) is 10.3 Å². The minimum atomic E-state index is -0.484. The molecule has 0 aliphatic carbocycles. The van der Waals surface area contributed by atoms with Gasteiger partial charge in [0.15, 0.2) is 0 Å². The van der Waals surface area contributed by atoms with Gasteiger partial charge < -0.3 is 16.5 Å². The van der Waals surface area contributed by atoms with Gasteiger partial charge in [0.25, 0.3) is 5.91 Å². The van der Waals surface area contributed by atoms with Crippen molar-refractivity contribution in [2.75, 3.05) is 12.0 Å². The summed E-state index contributed by atoms with van der Waals surface area (Å²) < 4.78 is 0. The predicted octanol–water partition coefficient (Wildman–Crippen LogP) is -0.374. The summed E-state index contributed by atoms with van der Waals surface area (Å²) in [5, 5.41) is 2.65. The van der Waals surface area contributed by atoms with Crippen molar-refractivity contribution in [2.45, 2.75) is 6.42 Å². The molecule has 92 valence electrons. The number of amides is 2. The second-order valence-corrected chi connectivity index (χ2v) is 3.57. The van der Waals surface area contributed by atoms with Crippen LogP contribution >= 0.6 is 11.6 Å². The number of halogens is 1. The molecule has 0 fully saturated rings. The van der Waals surface area contributed by atoms with Crippen LogP contribution in [0.4, 0.5) is 5.82 Å². The molecule has 17 heavy (non-hydrogen) atoms. The zero-order valence-electron chi connectivity index (χ0n) is 8.87. The average molecular weight is 258 g/mol. The molecule has 0 atom stereocenters. The van der Waals surface area contributed by atoms with Gasteiger partial charge in [-0.15, -0.1) is 0 Å². The Balaban J connectivity index is 2.68. The molecule has 1 heterocycles. The maximum absolute atomic E-state index is 11.6. The third-order valence-electron chi connectivity index (χ3n) is 1.86. The first-order chi connectivity index (χ1) is 8.02. The number of anilines is 1. The van der Waals surface area contributed by atoms with E-state index in [1.165, 1.54) is 12.1 Å². The number of primary amides is 1. The van der Waals surface area contributed by atoms with E-state index in [-0.39, 0.29) is 29.8 Å². The number of aromatic nitrogens is 1. The average Bonchev–Trinajstić information content (AvgIpc) is 2.27. The van der Waals surface area contributed by atoms with Crippen LogP contribution in [0.5, 0.6) is 0 Å². The summed E-state index contributed by atoms with van der Waals surface area (Å²) in [5.74, 6) is 4.57. The van der Waals surface area contributed by atoms with Gasteiger partial charge in [-0.2, -0.15) is 0 Å². The molecule has 0 unspecified atom stereocenters. The maximum Gasteiger partial charge on any atom is 0.251 e. The van der Waals surface area contributed by atoms with Gasteiger partial charge in [-0.1, -0.05) is 11.6 Å². The zero-order chi connectivity index (χ0) is 12.8. The summed E-state index contributed by atoms with van der Waals surface area (Å²) >= 11 is 5.70. The summed E-state index contributed by atoms with van der Waals surface area (Å²) in [6, 6.07) is 2.83. The number of nitrogen functional groups attached to an aromatic ring is 1. The third-order valence-corrected chi connectivity index (χ3v) is 2.05. The standard InChI is InChI=1S/C9H12ClN5O2/c10-6-3-5(4-8(14-6)15-12)9(17)13-2-1-7(11)16/h3-4H,1-2,12H2,(H2,11,16)(H,13,17)(H,14,15). The number of nitrogens with zero attached hydrogens (tertiary/aromatic N) is 1. The summed E-state index contributed by atoms with van der Waals surface area (Å²) in [7, 11) is 0. The van der Waals surface area contributed by atoms with Crippen LogP contribution in [-0.4, -0.2) is 23.3 Å². The molecule has 0 radical (unpaired) electrons. The lowest BCUT2D eigenvalue weighted by atomic mass is 10.2. The molecule has 0 aliphatic rings. The number of nitrogens with two attached hydrogens (primary N) is 2. The Kier molecular flexibility index (Phi) is 4.68. The summed E-state index contributed by atoms with van der Waals surface area (Å²) in [6.07, 6.45) is 0.0759. The molecule has 1 aromatic heterocycles. The number of nitrogens with one attached hydrogen (secondary N) is 2. The number of pyridine rings is 1. The van der Waals surface area contributed by atoms with Crippen molar-refractivity contribution in [3.8, 4) is 0 Å². The Morgan fingerprint density at radius 3 is 2.71 bits per heavy atom. The van der Waals surface area contributed by atoms with E-state index in [4.69, 9.17) is 23.2 Å². The lowest BCUT2D eigenvalue weighted by Gasteiger charge is -2.06. The lowest BCUT2D eigenvalue weighted by molar-refractivity contribution is -0.117. The van der Waals surface area contributed by atoms with Crippen LogP contribution in [0.1, 0.15) is 16.8 Å². The summed E-state index contributed by atoms with van der Waals surface area (Å²) in [5.41, 5.74) is 7.52. The smallest absolute Gasteiger partial charge is 0.251 e. The van der Waals surface area contributed by atoms with Crippen LogP contribution in [0.2, 0.25) is 5.15 Å². The van der Waals surface area contributed by atoms with E-state index < -0.39 is 5.91 Å². The Morgan fingerprint density at radius 2 is 2.12 bits per heavy atom. The van der Waals surface area contributed by atoms with E-state index >= 15 is 0 Å². The van der Waals surface area contributed by atoms with E-state index in [9.17, 15) is 9.59 Å². The van der Waals surface area contributed by atoms with Gasteiger partial charge in [-0.05, 0) is 12.1 Å². The molecule has 0 saturated heterocycles. The number of hydrogen-bond donors (Lipinski definition) is 4. The molecular formula is C9H12ClN5O2. The van der Waals surface area contributed by atoms with Crippen LogP contribution in [0.15, 0.2) is 12.1 Å². The Morgan fingerprint density at radius 1 is 1.41 bits per heavy atom. The molecule has 1 rings (SSSR count). The zero-order valence-corrected chi connectivity index (χ0v) is 9.62. The highest BCUT2D eigenvalue weighted by Gasteiger charge is 2.08. The number of hydrazine groups is 1. The number of carbonyl (C=O) groups excluding carboxylic acids is 2. The van der Waals surface area contributed by atoms with Crippen molar-refractivity contribution in [2.24, 2.45) is 11.6 Å². The van der Waals surface area contributed by atoms with Crippen molar-refractivity contribution in [1.29, 1.82) is 0 Å². The van der Waals surface area contributed by atoms with Gasteiger partial charge in [0.05, 0.1) is 0 Å². The Hall–Kier alpha value is -1.86. The van der Waals surface area contributed by atoms with Gasteiger partial charge in [0.2, 0.25) is 5.91 Å². The van der Waals surface area contributed by atoms with Crippen LogP contribution in [0.3, 0.4) is 0 Å². The van der Waals surface area contributed by atoms with Gasteiger partial charge in [0.1, 0.15) is 11.0 Å². The lowest BCUT2D eigenvalue weighted by Crippen LogP contribution is -2.28. The molecule has 0 aliphatic heterocycles. The van der Waals surface area contributed by atoms with Gasteiger partial charge in [0, 0.05) is 18.5 Å². The SMILES string of the molecule is NNc1cc(C(=O)NCCC(N)=O)cc(Cl)n1. The van der Waals surface area contributed by atoms with E-state index in [0.717, 1.165) is 0 Å². The number of rotatable bonds is 5. The normalized spacial score (nSPS) is 9.76. The highest BCUT2D eigenvalue weighted by Crippen LogP contribution is 2.13. The highest BCUT2D eigenvalue weighted by molar-refractivity contribution is 6.29. The minimum Gasteiger partial charge on any atom is -0.370 e. The largest absolute Gasteiger partial charge is 0.370 e. The van der Waals surface area contributed by atoms with Crippen LogP contribution in [0.25, 0.3) is 0 Å². The fraction of sp³-hybridized carbons (Fsp3) is 0.222. The van der Waals surface area contributed by atoms with Crippen molar-refractivity contribution in [3.05, 3.63) is 22.8 Å². The van der Waals surface area contributed by atoms with Crippen LogP contribution in [0, 0.1) is 0 Å². The van der Waals surface area contributed by atoms with E-state index in [1.54, 1.807) is 0 Å². The molecule has 0 aromatic carbocycles.